The van der Waals surface area contributed by atoms with E-state index in [0.717, 1.165) is 0 Å². The van der Waals surface area contributed by atoms with Gasteiger partial charge in [-0.05, 0) is 5.56 Å². The summed E-state index contributed by atoms with van der Waals surface area (Å²) < 4.78 is 24.8. The minimum atomic E-state index is -2.48. The molecule has 5 nitrogen and oxygen atoms in total. The molecule has 1 aromatic rings. The second kappa shape index (κ2) is 7.65. The van der Waals surface area contributed by atoms with Gasteiger partial charge in [0, 0.05) is 18.7 Å². The summed E-state index contributed by atoms with van der Waals surface area (Å²) in [6, 6.07) is 6.80. The molecule has 0 radical (unpaired) electrons. The molecule has 19 heavy (non-hydrogen) atoms. The SMILES string of the molecule is N/C(=N/O)c1ccccc1CN(CCO)CC(F)F. The van der Waals surface area contributed by atoms with Crippen molar-refractivity contribution in [2.45, 2.75) is 13.0 Å². The smallest absolute Gasteiger partial charge is 0.251 e. The maximum absolute atomic E-state index is 12.4. The Morgan fingerprint density at radius 3 is 2.63 bits per heavy atom. The van der Waals surface area contributed by atoms with Crippen LogP contribution >= 0.6 is 0 Å². The quantitative estimate of drug-likeness (QED) is 0.297. The number of alkyl halides is 2. The topological polar surface area (TPSA) is 82.1 Å². The first-order valence-electron chi connectivity index (χ1n) is 5.75. The normalized spacial score (nSPS) is 12.4. The summed E-state index contributed by atoms with van der Waals surface area (Å²) in [5.41, 5.74) is 6.68. The van der Waals surface area contributed by atoms with Crippen LogP contribution in [0.4, 0.5) is 8.78 Å². The summed E-state index contributed by atoms with van der Waals surface area (Å²) >= 11 is 0. The summed E-state index contributed by atoms with van der Waals surface area (Å²) in [7, 11) is 0. The molecule has 7 heteroatoms. The number of nitrogens with two attached hydrogens (primary N) is 1. The lowest BCUT2D eigenvalue weighted by Crippen LogP contribution is -2.32. The van der Waals surface area contributed by atoms with Crippen LogP contribution in [0.1, 0.15) is 11.1 Å². The van der Waals surface area contributed by atoms with E-state index in [1.54, 1.807) is 24.3 Å². The summed E-state index contributed by atoms with van der Waals surface area (Å²) in [5.74, 6) is -0.0726. The summed E-state index contributed by atoms with van der Waals surface area (Å²) in [6.45, 7) is -0.324. The Bertz CT molecular complexity index is 427. The third-order valence-corrected chi connectivity index (χ3v) is 2.61. The Balaban J connectivity index is 2.89. The first-order valence-corrected chi connectivity index (χ1v) is 5.75. The number of rotatable bonds is 7. The predicted octanol–water partition coefficient (Wildman–Crippen LogP) is 0.840. The molecule has 4 N–H and O–H groups in total. The Labute approximate surface area is 109 Å². The number of hydrogen-bond acceptors (Lipinski definition) is 4. The molecule has 0 spiro atoms. The molecule has 1 rings (SSSR count). The molecule has 0 heterocycles. The Morgan fingerprint density at radius 2 is 2.05 bits per heavy atom. The van der Waals surface area contributed by atoms with Gasteiger partial charge in [0.25, 0.3) is 6.43 Å². The van der Waals surface area contributed by atoms with Crippen LogP contribution in [-0.4, -0.2) is 47.2 Å². The molecule has 0 bridgehead atoms. The summed E-state index contributed by atoms with van der Waals surface area (Å²) in [5, 5.41) is 20.5. The van der Waals surface area contributed by atoms with Crippen LogP contribution in [0.15, 0.2) is 29.4 Å². The Kier molecular flexibility index (Phi) is 6.17. The van der Waals surface area contributed by atoms with Gasteiger partial charge in [-0.25, -0.2) is 8.78 Å². The van der Waals surface area contributed by atoms with Crippen molar-refractivity contribution in [1.29, 1.82) is 0 Å². The maximum Gasteiger partial charge on any atom is 0.251 e. The maximum atomic E-state index is 12.4. The van der Waals surface area contributed by atoms with E-state index >= 15 is 0 Å². The minimum Gasteiger partial charge on any atom is -0.409 e. The van der Waals surface area contributed by atoms with Gasteiger partial charge in [-0.2, -0.15) is 0 Å². The number of benzene rings is 1. The Morgan fingerprint density at radius 1 is 1.37 bits per heavy atom. The zero-order valence-electron chi connectivity index (χ0n) is 10.3. The number of aliphatic hydroxyl groups is 1. The standard InChI is InChI=1S/C12H17F2N3O2/c13-11(14)8-17(5-6-18)7-9-3-1-2-4-10(9)12(15)16-19/h1-4,11,18-19H,5-8H2,(H2,15,16). The molecule has 0 saturated heterocycles. The molecule has 1 aromatic carbocycles. The molecule has 0 fully saturated rings. The predicted molar refractivity (Wildman–Crippen MR) is 67.3 cm³/mol. The molecule has 0 atom stereocenters. The van der Waals surface area contributed by atoms with E-state index in [4.69, 9.17) is 16.0 Å². The van der Waals surface area contributed by atoms with Crippen molar-refractivity contribution in [3.05, 3.63) is 35.4 Å². The monoisotopic (exact) mass is 273 g/mol. The largest absolute Gasteiger partial charge is 0.409 e. The molecule has 0 aromatic heterocycles. The van der Waals surface area contributed by atoms with Crippen LogP contribution in [0.2, 0.25) is 0 Å². The van der Waals surface area contributed by atoms with Crippen LogP contribution in [0.5, 0.6) is 0 Å². The molecule has 0 unspecified atom stereocenters. The van der Waals surface area contributed by atoms with Gasteiger partial charge in [0.2, 0.25) is 0 Å². The van der Waals surface area contributed by atoms with Crippen LogP contribution in [0.25, 0.3) is 0 Å². The fourth-order valence-electron chi connectivity index (χ4n) is 1.77. The van der Waals surface area contributed by atoms with Gasteiger partial charge in [-0.1, -0.05) is 29.4 Å². The van der Waals surface area contributed by atoms with Gasteiger partial charge in [0.05, 0.1) is 13.2 Å². The second-order valence-electron chi connectivity index (χ2n) is 3.99. The highest BCUT2D eigenvalue weighted by molar-refractivity contribution is 5.98. The first kappa shape index (κ1) is 15.3. The number of aliphatic hydroxyl groups excluding tert-OH is 1. The molecule has 0 aliphatic rings. The van der Waals surface area contributed by atoms with E-state index in [1.807, 2.05) is 0 Å². The number of nitrogens with zero attached hydrogens (tertiary/aromatic N) is 2. The lowest BCUT2D eigenvalue weighted by Gasteiger charge is -2.22. The first-order chi connectivity index (χ1) is 9.08. The van der Waals surface area contributed by atoms with Crippen molar-refractivity contribution in [2.75, 3.05) is 19.7 Å². The fourth-order valence-corrected chi connectivity index (χ4v) is 1.77. The van der Waals surface area contributed by atoms with Crippen molar-refractivity contribution in [1.82, 2.24) is 4.90 Å². The summed E-state index contributed by atoms with van der Waals surface area (Å²) in [6.07, 6.45) is -2.48. The van der Waals surface area contributed by atoms with E-state index in [2.05, 4.69) is 5.16 Å². The van der Waals surface area contributed by atoms with Crippen LogP contribution < -0.4 is 5.73 Å². The van der Waals surface area contributed by atoms with Gasteiger partial charge in [0.15, 0.2) is 5.84 Å². The molecule has 106 valence electrons. The van der Waals surface area contributed by atoms with Crippen molar-refractivity contribution in [2.24, 2.45) is 10.9 Å². The summed E-state index contributed by atoms with van der Waals surface area (Å²) in [4.78, 5) is 1.41. The number of hydrogen-bond donors (Lipinski definition) is 3. The minimum absolute atomic E-state index is 0.0726. The van der Waals surface area contributed by atoms with E-state index in [1.165, 1.54) is 4.90 Å². The lowest BCUT2D eigenvalue weighted by molar-refractivity contribution is 0.0746. The molecule has 0 amide bonds. The molecule has 0 aliphatic heterocycles. The third-order valence-electron chi connectivity index (χ3n) is 2.61. The van der Waals surface area contributed by atoms with Crippen LogP contribution in [-0.2, 0) is 6.54 Å². The fraction of sp³-hybridized carbons (Fsp3) is 0.417. The number of amidine groups is 1. The number of halogens is 2. The zero-order valence-corrected chi connectivity index (χ0v) is 10.3. The van der Waals surface area contributed by atoms with Gasteiger partial charge in [0.1, 0.15) is 0 Å². The van der Waals surface area contributed by atoms with Crippen LogP contribution in [0.3, 0.4) is 0 Å². The van der Waals surface area contributed by atoms with E-state index in [0.29, 0.717) is 11.1 Å². The van der Waals surface area contributed by atoms with E-state index < -0.39 is 13.0 Å². The van der Waals surface area contributed by atoms with Crippen molar-refractivity contribution in [3.8, 4) is 0 Å². The van der Waals surface area contributed by atoms with Gasteiger partial charge < -0.3 is 16.0 Å². The average Bonchev–Trinajstić information content (AvgIpc) is 2.38. The second-order valence-corrected chi connectivity index (χ2v) is 3.99. The zero-order chi connectivity index (χ0) is 14.3. The molecule has 0 saturated carbocycles. The third kappa shape index (κ3) is 4.80. The highest BCUT2D eigenvalue weighted by Crippen LogP contribution is 2.12. The molecule has 0 aliphatic carbocycles. The van der Waals surface area contributed by atoms with Crippen molar-refractivity contribution in [3.63, 3.8) is 0 Å². The molecular weight excluding hydrogens is 256 g/mol. The lowest BCUT2D eigenvalue weighted by atomic mass is 10.1. The van der Waals surface area contributed by atoms with Gasteiger partial charge >= 0.3 is 0 Å². The Hall–Kier alpha value is -1.73. The van der Waals surface area contributed by atoms with Crippen LogP contribution in [0, 0.1) is 0 Å². The number of oxime groups is 1. The van der Waals surface area contributed by atoms with E-state index in [9.17, 15) is 8.78 Å². The van der Waals surface area contributed by atoms with Crippen molar-refractivity contribution >= 4 is 5.84 Å². The highest BCUT2D eigenvalue weighted by atomic mass is 19.3. The van der Waals surface area contributed by atoms with Gasteiger partial charge in [-0.15, -0.1) is 0 Å². The van der Waals surface area contributed by atoms with Gasteiger partial charge in [-0.3, -0.25) is 4.90 Å². The average molecular weight is 273 g/mol. The highest BCUT2D eigenvalue weighted by Gasteiger charge is 2.14. The molecular formula is C12H17F2N3O2. The van der Waals surface area contributed by atoms with E-state index in [-0.39, 0.29) is 25.5 Å². The van der Waals surface area contributed by atoms with Crippen molar-refractivity contribution < 1.29 is 19.1 Å².